The number of likely N-dealkylation sites (tertiary alicyclic amines) is 1. The van der Waals surface area contributed by atoms with Gasteiger partial charge in [0.15, 0.2) is 5.76 Å². The van der Waals surface area contributed by atoms with Gasteiger partial charge in [0.25, 0.3) is 0 Å². The number of ether oxygens (including phenoxy) is 1. The lowest BCUT2D eigenvalue weighted by atomic mass is 10.0. The van der Waals surface area contributed by atoms with Gasteiger partial charge in [-0.3, -0.25) is 14.5 Å². The number of pyridine rings is 1. The Morgan fingerprint density at radius 2 is 2.08 bits per heavy atom. The molecule has 0 spiro atoms. The average Bonchev–Trinajstić information content (AvgIpc) is 3.52. The Morgan fingerprint density at radius 1 is 1.27 bits per heavy atom. The van der Waals surface area contributed by atoms with Gasteiger partial charge in [-0.1, -0.05) is 38.0 Å². The number of Topliss-reactive ketones (excluding diaryl/α,β-unsaturated/α-hetero) is 1. The quantitative estimate of drug-likeness (QED) is 0.341. The molecule has 9 heteroatoms. The third-order valence-electron chi connectivity index (χ3n) is 6.93. The molecule has 37 heavy (non-hydrogen) atoms. The van der Waals surface area contributed by atoms with Gasteiger partial charge in [0.05, 0.1) is 30.4 Å². The molecule has 0 radical (unpaired) electrons. The third-order valence-corrected chi connectivity index (χ3v) is 6.93. The summed E-state index contributed by atoms with van der Waals surface area (Å²) in [5.41, 5.74) is 1.47. The SMILES string of the molecule is CCC(=O)CCCCC[C@H](NC(=O)[C@@H]1C[C@H](F)CN1C)c1ncc(-c2cc3ccccc3nc2OC)o1. The standard InChI is InChI=1S/C28H35FN4O4/c1-4-20(34)11-6-5-7-13-23(31-26(35)24-15-19(29)17-33(24)2)28-30-16-25(37-28)21-14-18-10-8-9-12-22(18)32-27(21)36-3/h8-10,12,14,16,19,23-24H,4-7,11,13,15,17H2,1-3H3,(H,31,35)/t19-,23-,24-/m0/s1. The van der Waals surface area contributed by atoms with E-state index in [1.165, 1.54) is 0 Å². The Balaban J connectivity index is 1.53. The van der Waals surface area contributed by atoms with Crippen LogP contribution in [0.25, 0.3) is 22.2 Å². The van der Waals surface area contributed by atoms with Gasteiger partial charge in [-0.05, 0) is 32.0 Å². The average molecular weight is 511 g/mol. The Labute approximate surface area is 216 Å². The van der Waals surface area contributed by atoms with Gasteiger partial charge in [-0.25, -0.2) is 14.4 Å². The minimum atomic E-state index is -1.02. The lowest BCUT2D eigenvalue weighted by molar-refractivity contribution is -0.126. The molecule has 198 valence electrons. The number of nitrogens with one attached hydrogen (secondary N) is 1. The van der Waals surface area contributed by atoms with Crippen LogP contribution in [0.1, 0.15) is 63.8 Å². The summed E-state index contributed by atoms with van der Waals surface area (Å²) in [5.74, 6) is 1.30. The summed E-state index contributed by atoms with van der Waals surface area (Å²) >= 11 is 0. The predicted octanol–water partition coefficient (Wildman–Crippen LogP) is 5.03. The van der Waals surface area contributed by atoms with E-state index >= 15 is 0 Å². The van der Waals surface area contributed by atoms with E-state index in [0.717, 1.165) is 30.2 Å². The number of rotatable bonds is 12. The number of unbranched alkanes of at least 4 members (excludes halogenated alkanes) is 2. The van der Waals surface area contributed by atoms with Gasteiger partial charge in [-0.15, -0.1) is 0 Å². The molecule has 0 bridgehead atoms. The largest absolute Gasteiger partial charge is 0.480 e. The van der Waals surface area contributed by atoms with Crippen molar-refractivity contribution in [2.24, 2.45) is 0 Å². The highest BCUT2D eigenvalue weighted by molar-refractivity contribution is 5.85. The van der Waals surface area contributed by atoms with Gasteiger partial charge in [0.2, 0.25) is 17.7 Å². The van der Waals surface area contributed by atoms with Crippen LogP contribution in [0.5, 0.6) is 5.88 Å². The lowest BCUT2D eigenvalue weighted by Gasteiger charge is -2.22. The number of ketones is 1. The van der Waals surface area contributed by atoms with Crippen LogP contribution in [0.3, 0.4) is 0 Å². The monoisotopic (exact) mass is 510 g/mol. The third kappa shape index (κ3) is 6.52. The number of nitrogens with zero attached hydrogens (tertiary/aromatic N) is 3. The minimum Gasteiger partial charge on any atom is -0.480 e. The van der Waals surface area contributed by atoms with E-state index < -0.39 is 18.3 Å². The van der Waals surface area contributed by atoms with Gasteiger partial charge in [0.1, 0.15) is 18.0 Å². The van der Waals surface area contributed by atoms with Crippen LogP contribution in [-0.2, 0) is 9.59 Å². The summed E-state index contributed by atoms with van der Waals surface area (Å²) in [6.45, 7) is 2.11. The summed E-state index contributed by atoms with van der Waals surface area (Å²) in [5, 5.41) is 3.98. The van der Waals surface area contributed by atoms with Crippen molar-refractivity contribution >= 4 is 22.6 Å². The fourth-order valence-corrected chi connectivity index (χ4v) is 4.80. The van der Waals surface area contributed by atoms with Crippen LogP contribution in [0.15, 0.2) is 40.9 Å². The van der Waals surface area contributed by atoms with E-state index in [4.69, 9.17) is 9.15 Å². The molecule has 1 fully saturated rings. The van der Waals surface area contributed by atoms with Crippen LogP contribution >= 0.6 is 0 Å². The van der Waals surface area contributed by atoms with E-state index in [-0.39, 0.29) is 24.7 Å². The Kier molecular flexibility index (Phi) is 8.87. The Morgan fingerprint density at radius 3 is 2.81 bits per heavy atom. The first kappa shape index (κ1) is 26.7. The fraction of sp³-hybridized carbons (Fsp3) is 0.500. The number of carbonyl (C=O) groups is 2. The summed E-state index contributed by atoms with van der Waals surface area (Å²) in [4.78, 5) is 35.5. The van der Waals surface area contributed by atoms with Crippen molar-refractivity contribution in [1.82, 2.24) is 20.2 Å². The van der Waals surface area contributed by atoms with E-state index in [1.807, 2.05) is 37.3 Å². The van der Waals surface area contributed by atoms with E-state index in [1.54, 1.807) is 25.3 Å². The number of hydrogen-bond donors (Lipinski definition) is 1. The molecular weight excluding hydrogens is 475 g/mol. The molecule has 1 amide bonds. The van der Waals surface area contributed by atoms with Crippen LogP contribution in [0, 0.1) is 0 Å². The second-order valence-corrected chi connectivity index (χ2v) is 9.64. The summed E-state index contributed by atoms with van der Waals surface area (Å²) in [6, 6.07) is 8.67. The topological polar surface area (TPSA) is 97.6 Å². The van der Waals surface area contributed by atoms with E-state index in [0.29, 0.717) is 42.4 Å². The van der Waals surface area contributed by atoms with Crippen LogP contribution in [0.2, 0.25) is 0 Å². The summed E-state index contributed by atoms with van der Waals surface area (Å²) in [6.07, 6.45) is 4.92. The van der Waals surface area contributed by atoms with Crippen molar-refractivity contribution in [3.63, 3.8) is 0 Å². The number of para-hydroxylation sites is 1. The molecule has 0 aliphatic carbocycles. The number of aromatic nitrogens is 2. The van der Waals surface area contributed by atoms with E-state index in [2.05, 4.69) is 15.3 Å². The maximum Gasteiger partial charge on any atom is 0.238 e. The number of benzene rings is 1. The zero-order chi connectivity index (χ0) is 26.4. The van der Waals surface area contributed by atoms with Crippen molar-refractivity contribution in [3.8, 4) is 17.2 Å². The molecule has 3 atom stereocenters. The number of alkyl halides is 1. The number of fused-ring (bicyclic) bond motifs is 1. The number of halogens is 1. The minimum absolute atomic E-state index is 0.172. The molecule has 3 heterocycles. The molecule has 1 aliphatic heterocycles. The molecular formula is C28H35FN4O4. The van der Waals surface area contributed by atoms with Crippen molar-refractivity contribution in [2.45, 2.75) is 70.1 Å². The van der Waals surface area contributed by atoms with Gasteiger partial charge >= 0.3 is 0 Å². The van der Waals surface area contributed by atoms with Gasteiger partial charge in [-0.2, -0.15) is 0 Å². The maximum absolute atomic E-state index is 13.9. The first-order valence-electron chi connectivity index (χ1n) is 13.0. The molecule has 1 N–H and O–H groups in total. The number of amides is 1. The highest BCUT2D eigenvalue weighted by atomic mass is 19.1. The van der Waals surface area contributed by atoms with Gasteiger partial charge < -0.3 is 14.5 Å². The fourth-order valence-electron chi connectivity index (χ4n) is 4.80. The molecule has 0 saturated carbocycles. The van der Waals surface area contributed by atoms with E-state index in [9.17, 15) is 14.0 Å². The van der Waals surface area contributed by atoms with Crippen molar-refractivity contribution < 1.29 is 23.1 Å². The molecule has 1 aromatic carbocycles. The number of likely N-dealkylation sites (N-methyl/N-ethyl adjacent to an activating group) is 1. The van der Waals surface area contributed by atoms with Crippen LogP contribution in [0.4, 0.5) is 4.39 Å². The molecule has 8 nitrogen and oxygen atoms in total. The normalized spacial score (nSPS) is 18.7. The second kappa shape index (κ2) is 12.3. The zero-order valence-corrected chi connectivity index (χ0v) is 21.7. The number of hydrogen-bond acceptors (Lipinski definition) is 7. The number of carbonyl (C=O) groups excluding carboxylic acids is 2. The Bertz CT molecular complexity index is 1230. The number of oxazole rings is 1. The van der Waals surface area contributed by atoms with Crippen molar-refractivity contribution in [1.29, 1.82) is 0 Å². The smallest absolute Gasteiger partial charge is 0.238 e. The molecule has 0 unspecified atom stereocenters. The molecule has 1 saturated heterocycles. The van der Waals surface area contributed by atoms with Gasteiger partial charge in [0, 0.05) is 31.2 Å². The summed E-state index contributed by atoms with van der Waals surface area (Å²) in [7, 11) is 3.31. The summed E-state index contributed by atoms with van der Waals surface area (Å²) < 4.78 is 25.6. The predicted molar refractivity (Wildman–Crippen MR) is 139 cm³/mol. The first-order valence-corrected chi connectivity index (χ1v) is 13.0. The Hall–Kier alpha value is -3.33. The molecule has 1 aliphatic rings. The van der Waals surface area contributed by atoms with Crippen LogP contribution in [-0.4, -0.2) is 59.5 Å². The maximum atomic E-state index is 13.9. The van der Waals surface area contributed by atoms with Crippen molar-refractivity contribution in [2.75, 3.05) is 20.7 Å². The second-order valence-electron chi connectivity index (χ2n) is 9.64. The molecule has 3 aromatic rings. The zero-order valence-electron chi connectivity index (χ0n) is 21.7. The van der Waals surface area contributed by atoms with Crippen molar-refractivity contribution in [3.05, 3.63) is 42.4 Å². The molecule has 2 aromatic heterocycles. The highest BCUT2D eigenvalue weighted by Crippen LogP contribution is 2.34. The first-order chi connectivity index (χ1) is 17.9. The highest BCUT2D eigenvalue weighted by Gasteiger charge is 2.36. The number of methoxy groups -OCH3 is 1. The lowest BCUT2D eigenvalue weighted by Crippen LogP contribution is -2.43. The van der Waals surface area contributed by atoms with Crippen LogP contribution < -0.4 is 10.1 Å². The molecule has 4 rings (SSSR count).